The van der Waals surface area contributed by atoms with E-state index in [2.05, 4.69) is 12.2 Å². The fourth-order valence-corrected chi connectivity index (χ4v) is 2.93. The van der Waals surface area contributed by atoms with E-state index in [1.807, 2.05) is 30.3 Å². The van der Waals surface area contributed by atoms with Crippen LogP contribution in [0.2, 0.25) is 5.02 Å². The van der Waals surface area contributed by atoms with Crippen LogP contribution in [-0.2, 0) is 9.53 Å². The molecule has 0 unspecified atom stereocenters. The first kappa shape index (κ1) is 21.6. The summed E-state index contributed by atoms with van der Waals surface area (Å²) >= 11 is 5.98. The van der Waals surface area contributed by atoms with Gasteiger partial charge in [0.25, 0.3) is 5.91 Å². The highest BCUT2D eigenvalue weighted by Gasteiger charge is 2.23. The Morgan fingerprint density at radius 1 is 1.21 bits per heavy atom. The molecule has 0 spiro atoms. The van der Waals surface area contributed by atoms with Crippen LogP contribution in [-0.4, -0.2) is 31.6 Å². The van der Waals surface area contributed by atoms with Gasteiger partial charge in [0.15, 0.2) is 6.10 Å². The number of ether oxygens (including phenoxy) is 2. The number of hydrogen-bond acceptors (Lipinski definition) is 5. The van der Waals surface area contributed by atoms with Gasteiger partial charge in [-0.2, -0.15) is 0 Å². The van der Waals surface area contributed by atoms with Crippen molar-refractivity contribution in [2.45, 2.75) is 32.3 Å². The number of anilines is 1. The summed E-state index contributed by atoms with van der Waals surface area (Å²) in [5.41, 5.74) is 7.26. The van der Waals surface area contributed by atoms with Crippen molar-refractivity contribution in [2.75, 3.05) is 19.4 Å². The van der Waals surface area contributed by atoms with Crippen molar-refractivity contribution in [1.29, 1.82) is 0 Å². The quantitative estimate of drug-likeness (QED) is 0.516. The van der Waals surface area contributed by atoms with Crippen molar-refractivity contribution < 1.29 is 19.1 Å². The second kappa shape index (κ2) is 9.99. The summed E-state index contributed by atoms with van der Waals surface area (Å²) in [6.45, 7) is 4.03. The number of nitrogens with two attached hydrogens (primary N) is 1. The molecule has 2 aromatic rings. The molecule has 0 saturated carbocycles. The summed E-state index contributed by atoms with van der Waals surface area (Å²) in [7, 11) is 1.41. The monoisotopic (exact) mass is 404 g/mol. The Hall–Kier alpha value is -2.73. The average molecular weight is 405 g/mol. The first-order valence-electron chi connectivity index (χ1n) is 9.04. The molecule has 0 radical (unpaired) electrons. The van der Waals surface area contributed by atoms with E-state index >= 15 is 0 Å². The number of halogens is 1. The van der Waals surface area contributed by atoms with E-state index < -0.39 is 12.1 Å². The lowest BCUT2D eigenvalue weighted by molar-refractivity contribution is -0.129. The lowest BCUT2D eigenvalue weighted by atomic mass is 9.96. The summed E-state index contributed by atoms with van der Waals surface area (Å²) in [5.74, 6) is -0.668. The summed E-state index contributed by atoms with van der Waals surface area (Å²) in [5, 5.41) is 3.05. The molecule has 3 N–H and O–H groups in total. The van der Waals surface area contributed by atoms with Crippen LogP contribution < -0.4 is 15.8 Å². The molecular weight excluding hydrogens is 380 g/mol. The minimum Gasteiger partial charge on any atom is -0.496 e. The fourth-order valence-electron chi connectivity index (χ4n) is 2.77. The van der Waals surface area contributed by atoms with Crippen LogP contribution >= 0.6 is 11.6 Å². The third-order valence-electron chi connectivity index (χ3n) is 4.48. The van der Waals surface area contributed by atoms with E-state index in [4.69, 9.17) is 26.8 Å². The van der Waals surface area contributed by atoms with Gasteiger partial charge in [0.1, 0.15) is 11.3 Å². The van der Waals surface area contributed by atoms with Gasteiger partial charge in [-0.3, -0.25) is 4.79 Å². The number of benzene rings is 2. The van der Waals surface area contributed by atoms with E-state index in [1.54, 1.807) is 0 Å². The second-order valence-electron chi connectivity index (χ2n) is 6.38. The summed E-state index contributed by atoms with van der Waals surface area (Å²) in [4.78, 5) is 24.8. The molecule has 2 rings (SSSR count). The Balaban J connectivity index is 1.98. The number of nitrogen functional groups attached to an aromatic ring is 1. The predicted molar refractivity (Wildman–Crippen MR) is 110 cm³/mol. The van der Waals surface area contributed by atoms with Gasteiger partial charge in [-0.05, 0) is 25.0 Å². The SMILES string of the molecule is CC[C@H](CNC(=O)[C@@H](C)OC(=O)c1cc(Cl)c(N)cc1OC)c1ccccc1. The highest BCUT2D eigenvalue weighted by atomic mass is 35.5. The number of methoxy groups -OCH3 is 1. The van der Waals surface area contributed by atoms with Crippen molar-refractivity contribution in [3.8, 4) is 5.75 Å². The Bertz CT molecular complexity index is 827. The molecule has 28 heavy (non-hydrogen) atoms. The first-order valence-corrected chi connectivity index (χ1v) is 9.41. The summed E-state index contributed by atoms with van der Waals surface area (Å²) in [6.07, 6.45) is -0.0959. The molecule has 0 bridgehead atoms. The zero-order valence-electron chi connectivity index (χ0n) is 16.2. The van der Waals surface area contributed by atoms with Crippen LogP contribution in [0, 0.1) is 0 Å². The Kier molecular flexibility index (Phi) is 7.70. The van der Waals surface area contributed by atoms with Crippen molar-refractivity contribution in [3.05, 3.63) is 58.6 Å². The fraction of sp³-hybridized carbons (Fsp3) is 0.333. The van der Waals surface area contributed by atoms with E-state index in [1.165, 1.54) is 26.2 Å². The van der Waals surface area contributed by atoms with E-state index in [0.717, 1.165) is 12.0 Å². The maximum Gasteiger partial charge on any atom is 0.342 e. The largest absolute Gasteiger partial charge is 0.496 e. The third kappa shape index (κ3) is 5.39. The van der Waals surface area contributed by atoms with Crippen LogP contribution in [0.4, 0.5) is 5.69 Å². The topological polar surface area (TPSA) is 90.7 Å². The number of carbonyl (C=O) groups is 2. The molecule has 0 saturated heterocycles. The third-order valence-corrected chi connectivity index (χ3v) is 4.81. The highest BCUT2D eigenvalue weighted by molar-refractivity contribution is 6.33. The van der Waals surface area contributed by atoms with Crippen LogP contribution in [0.5, 0.6) is 5.75 Å². The Labute approximate surface area is 170 Å². The molecule has 0 aliphatic rings. The van der Waals surface area contributed by atoms with Crippen LogP contribution in [0.3, 0.4) is 0 Å². The van der Waals surface area contributed by atoms with Gasteiger partial charge in [0.2, 0.25) is 0 Å². The molecule has 0 aliphatic carbocycles. The molecule has 1 amide bonds. The van der Waals surface area contributed by atoms with Gasteiger partial charge < -0.3 is 20.5 Å². The van der Waals surface area contributed by atoms with Gasteiger partial charge in [0.05, 0.1) is 17.8 Å². The highest BCUT2D eigenvalue weighted by Crippen LogP contribution is 2.29. The molecule has 0 heterocycles. The maximum absolute atomic E-state index is 12.4. The second-order valence-corrected chi connectivity index (χ2v) is 6.79. The Morgan fingerprint density at radius 3 is 2.50 bits per heavy atom. The molecule has 0 aliphatic heterocycles. The molecule has 2 aromatic carbocycles. The van der Waals surface area contributed by atoms with Gasteiger partial charge >= 0.3 is 5.97 Å². The Morgan fingerprint density at radius 2 is 1.89 bits per heavy atom. The first-order chi connectivity index (χ1) is 13.4. The predicted octanol–water partition coefficient (Wildman–Crippen LogP) is 3.79. The minimum absolute atomic E-state index is 0.108. The van der Waals surface area contributed by atoms with Crippen LogP contribution in [0.15, 0.2) is 42.5 Å². The number of esters is 1. The van der Waals surface area contributed by atoms with Gasteiger partial charge in [-0.15, -0.1) is 0 Å². The van der Waals surface area contributed by atoms with E-state index in [9.17, 15) is 9.59 Å². The van der Waals surface area contributed by atoms with Crippen molar-refractivity contribution in [3.63, 3.8) is 0 Å². The summed E-state index contributed by atoms with van der Waals surface area (Å²) in [6, 6.07) is 12.8. The van der Waals surface area contributed by atoms with Crippen molar-refractivity contribution in [2.24, 2.45) is 0 Å². The van der Waals surface area contributed by atoms with Crippen molar-refractivity contribution >= 4 is 29.2 Å². The van der Waals surface area contributed by atoms with Gasteiger partial charge in [0, 0.05) is 18.5 Å². The molecule has 0 fully saturated rings. The number of nitrogens with one attached hydrogen (secondary N) is 1. The van der Waals surface area contributed by atoms with Crippen molar-refractivity contribution in [1.82, 2.24) is 5.32 Å². The van der Waals surface area contributed by atoms with Gasteiger partial charge in [-0.1, -0.05) is 48.9 Å². The number of rotatable bonds is 8. The molecule has 6 nitrogen and oxygen atoms in total. The number of amides is 1. The number of hydrogen-bond donors (Lipinski definition) is 2. The molecule has 150 valence electrons. The zero-order valence-corrected chi connectivity index (χ0v) is 17.0. The molecule has 0 aromatic heterocycles. The molecule has 7 heteroatoms. The van der Waals surface area contributed by atoms with E-state index in [-0.39, 0.29) is 33.8 Å². The van der Waals surface area contributed by atoms with Crippen LogP contribution in [0.25, 0.3) is 0 Å². The van der Waals surface area contributed by atoms with Crippen LogP contribution in [0.1, 0.15) is 42.1 Å². The molecular formula is C21H25ClN2O4. The van der Waals surface area contributed by atoms with Gasteiger partial charge in [-0.25, -0.2) is 4.79 Å². The molecule has 2 atom stereocenters. The zero-order chi connectivity index (χ0) is 20.7. The smallest absolute Gasteiger partial charge is 0.342 e. The summed E-state index contributed by atoms with van der Waals surface area (Å²) < 4.78 is 10.4. The lowest BCUT2D eigenvalue weighted by Crippen LogP contribution is -2.38. The normalized spacial score (nSPS) is 12.7. The maximum atomic E-state index is 12.4. The lowest BCUT2D eigenvalue weighted by Gasteiger charge is -2.19. The minimum atomic E-state index is -0.971. The van der Waals surface area contributed by atoms with E-state index in [0.29, 0.717) is 6.54 Å². The standard InChI is InChI=1S/C21H25ClN2O4/c1-4-14(15-8-6-5-7-9-15)12-24-20(25)13(2)28-21(26)16-10-17(22)18(23)11-19(16)27-3/h5-11,13-14H,4,12,23H2,1-3H3,(H,24,25)/t13-,14-/m1/s1. The average Bonchev–Trinajstić information content (AvgIpc) is 2.70. The number of carbonyl (C=O) groups excluding carboxylic acids is 2.